The van der Waals surface area contributed by atoms with Crippen LogP contribution in [0.25, 0.3) is 0 Å². The smallest absolute Gasteiger partial charge is 0.0947 e. The number of imidazole rings is 1. The van der Waals surface area contributed by atoms with Crippen molar-refractivity contribution in [3.05, 3.63) is 18.2 Å². The molecular formula is C15H27N5. The van der Waals surface area contributed by atoms with Gasteiger partial charge in [-0.05, 0) is 13.8 Å². The van der Waals surface area contributed by atoms with Gasteiger partial charge in [-0.25, -0.2) is 4.98 Å². The van der Waals surface area contributed by atoms with E-state index in [0.717, 1.165) is 12.6 Å². The first kappa shape index (κ1) is 14.0. The van der Waals surface area contributed by atoms with Crippen LogP contribution in [0, 0.1) is 0 Å². The molecule has 2 aliphatic heterocycles. The van der Waals surface area contributed by atoms with E-state index in [4.69, 9.17) is 0 Å². The van der Waals surface area contributed by atoms with Crippen molar-refractivity contribution >= 4 is 0 Å². The molecule has 1 aromatic rings. The maximum absolute atomic E-state index is 4.41. The van der Waals surface area contributed by atoms with Gasteiger partial charge in [-0.1, -0.05) is 0 Å². The van der Waals surface area contributed by atoms with Gasteiger partial charge in [0.15, 0.2) is 0 Å². The molecule has 5 nitrogen and oxygen atoms in total. The van der Waals surface area contributed by atoms with E-state index in [1.54, 1.807) is 0 Å². The Kier molecular flexibility index (Phi) is 4.10. The number of aromatic nitrogens is 2. The second kappa shape index (κ2) is 5.84. The molecule has 2 aliphatic rings. The Hall–Kier alpha value is -0.910. The Morgan fingerprint density at radius 2 is 1.90 bits per heavy atom. The van der Waals surface area contributed by atoms with E-state index in [1.165, 1.54) is 45.0 Å². The molecule has 0 aliphatic carbocycles. The number of aryl methyl sites for hydroxylation is 1. The van der Waals surface area contributed by atoms with Crippen LogP contribution in [0.15, 0.2) is 12.5 Å². The third kappa shape index (κ3) is 3.05. The van der Waals surface area contributed by atoms with Gasteiger partial charge >= 0.3 is 0 Å². The van der Waals surface area contributed by atoms with Gasteiger partial charge < -0.3 is 4.57 Å². The first-order valence-electron chi connectivity index (χ1n) is 7.79. The van der Waals surface area contributed by atoms with E-state index < -0.39 is 0 Å². The van der Waals surface area contributed by atoms with Crippen LogP contribution in [-0.4, -0.2) is 75.6 Å². The van der Waals surface area contributed by atoms with Crippen molar-refractivity contribution < 1.29 is 0 Å². The van der Waals surface area contributed by atoms with Crippen LogP contribution >= 0.6 is 0 Å². The molecule has 1 aromatic heterocycles. The van der Waals surface area contributed by atoms with Crippen molar-refractivity contribution in [2.75, 3.05) is 39.3 Å². The summed E-state index contributed by atoms with van der Waals surface area (Å²) < 4.78 is 2.03. The van der Waals surface area contributed by atoms with Gasteiger partial charge in [-0.15, -0.1) is 0 Å². The third-order valence-electron chi connectivity index (χ3n) is 4.68. The molecule has 112 valence electrons. The summed E-state index contributed by atoms with van der Waals surface area (Å²) in [5.41, 5.74) is 1.19. The van der Waals surface area contributed by atoms with Crippen LogP contribution < -0.4 is 0 Å². The third-order valence-corrected chi connectivity index (χ3v) is 4.68. The topological polar surface area (TPSA) is 27.5 Å². The molecule has 2 saturated heterocycles. The lowest BCUT2D eigenvalue weighted by Gasteiger charge is -2.48. The SMILES string of the molecule is CC(C)N1CCN(C2CN(Cc3cn(C)cn3)C2)CC1. The number of hydrogen-bond donors (Lipinski definition) is 0. The molecule has 3 heterocycles. The average Bonchev–Trinajstić information content (AvgIpc) is 2.79. The van der Waals surface area contributed by atoms with E-state index in [0.29, 0.717) is 6.04 Å². The van der Waals surface area contributed by atoms with Crippen LogP contribution in [0.3, 0.4) is 0 Å². The number of rotatable bonds is 4. The minimum absolute atomic E-state index is 0.694. The minimum atomic E-state index is 0.694. The van der Waals surface area contributed by atoms with E-state index in [1.807, 2.05) is 17.9 Å². The zero-order valence-corrected chi connectivity index (χ0v) is 13.0. The largest absolute Gasteiger partial charge is 0.340 e. The highest BCUT2D eigenvalue weighted by Crippen LogP contribution is 2.19. The predicted molar refractivity (Wildman–Crippen MR) is 80.6 cm³/mol. The van der Waals surface area contributed by atoms with Crippen molar-refractivity contribution in [1.29, 1.82) is 0 Å². The molecule has 0 radical (unpaired) electrons. The first-order chi connectivity index (χ1) is 9.61. The number of hydrogen-bond acceptors (Lipinski definition) is 4. The average molecular weight is 277 g/mol. The summed E-state index contributed by atoms with van der Waals surface area (Å²) in [5, 5.41) is 0. The maximum Gasteiger partial charge on any atom is 0.0947 e. The summed E-state index contributed by atoms with van der Waals surface area (Å²) in [6.45, 7) is 12.9. The molecular weight excluding hydrogens is 250 g/mol. The lowest BCUT2D eigenvalue weighted by atomic mass is 10.1. The highest BCUT2D eigenvalue weighted by molar-refractivity contribution is 4.99. The van der Waals surface area contributed by atoms with Gasteiger partial charge in [-0.2, -0.15) is 0 Å². The Morgan fingerprint density at radius 3 is 2.45 bits per heavy atom. The maximum atomic E-state index is 4.41. The van der Waals surface area contributed by atoms with Crippen molar-refractivity contribution in [1.82, 2.24) is 24.3 Å². The summed E-state index contributed by atoms with van der Waals surface area (Å²) in [6.07, 6.45) is 4.01. The van der Waals surface area contributed by atoms with Gasteiger partial charge in [0, 0.05) is 71.1 Å². The van der Waals surface area contributed by atoms with Crippen molar-refractivity contribution in [3.63, 3.8) is 0 Å². The highest BCUT2D eigenvalue weighted by atomic mass is 15.4. The van der Waals surface area contributed by atoms with E-state index in [-0.39, 0.29) is 0 Å². The molecule has 0 N–H and O–H groups in total. The Morgan fingerprint density at radius 1 is 1.20 bits per heavy atom. The van der Waals surface area contributed by atoms with Gasteiger partial charge in [0.05, 0.1) is 12.0 Å². The van der Waals surface area contributed by atoms with Crippen molar-refractivity contribution in [3.8, 4) is 0 Å². The monoisotopic (exact) mass is 277 g/mol. The number of nitrogens with zero attached hydrogens (tertiary/aromatic N) is 5. The second-order valence-electron chi connectivity index (χ2n) is 6.54. The quantitative estimate of drug-likeness (QED) is 0.807. The Balaban J connectivity index is 1.40. The Labute approximate surface area is 122 Å². The number of likely N-dealkylation sites (tertiary alicyclic amines) is 1. The summed E-state index contributed by atoms with van der Waals surface area (Å²) >= 11 is 0. The predicted octanol–water partition coefficient (Wildman–Crippen LogP) is 0.630. The molecule has 2 fully saturated rings. The minimum Gasteiger partial charge on any atom is -0.340 e. The molecule has 0 amide bonds. The van der Waals surface area contributed by atoms with Crippen LogP contribution in [0.5, 0.6) is 0 Å². The van der Waals surface area contributed by atoms with E-state index in [2.05, 4.69) is 39.7 Å². The molecule has 0 unspecified atom stereocenters. The van der Waals surface area contributed by atoms with Crippen LogP contribution in [-0.2, 0) is 13.6 Å². The molecule has 3 rings (SSSR count). The summed E-state index contributed by atoms with van der Waals surface area (Å²) in [4.78, 5) is 12.2. The van der Waals surface area contributed by atoms with Gasteiger partial charge in [0.25, 0.3) is 0 Å². The van der Waals surface area contributed by atoms with Gasteiger partial charge in [0.1, 0.15) is 0 Å². The fourth-order valence-electron chi connectivity index (χ4n) is 3.30. The first-order valence-corrected chi connectivity index (χ1v) is 7.79. The Bertz CT molecular complexity index is 427. The van der Waals surface area contributed by atoms with Gasteiger partial charge in [-0.3, -0.25) is 14.7 Å². The molecule has 0 bridgehead atoms. The van der Waals surface area contributed by atoms with Crippen molar-refractivity contribution in [2.45, 2.75) is 32.5 Å². The van der Waals surface area contributed by atoms with E-state index >= 15 is 0 Å². The van der Waals surface area contributed by atoms with Crippen LogP contribution in [0.4, 0.5) is 0 Å². The van der Waals surface area contributed by atoms with Gasteiger partial charge in [0.2, 0.25) is 0 Å². The molecule has 0 spiro atoms. The molecule has 20 heavy (non-hydrogen) atoms. The standard InChI is InChI=1S/C15H27N5/c1-13(2)19-4-6-20(7-5-19)15-10-18(11-15)9-14-8-17(3)12-16-14/h8,12-13,15H,4-7,9-11H2,1-3H3. The van der Waals surface area contributed by atoms with Crippen molar-refractivity contribution in [2.24, 2.45) is 7.05 Å². The molecule has 0 aromatic carbocycles. The molecule has 5 heteroatoms. The fraction of sp³-hybridized carbons (Fsp3) is 0.800. The lowest BCUT2D eigenvalue weighted by molar-refractivity contribution is -0.00457. The fourth-order valence-corrected chi connectivity index (χ4v) is 3.30. The lowest BCUT2D eigenvalue weighted by Crippen LogP contribution is -2.63. The summed E-state index contributed by atoms with van der Waals surface area (Å²) in [5.74, 6) is 0. The zero-order valence-electron chi connectivity index (χ0n) is 13.0. The zero-order chi connectivity index (χ0) is 14.1. The molecule has 0 saturated carbocycles. The summed E-state index contributed by atoms with van der Waals surface area (Å²) in [7, 11) is 2.03. The van der Waals surface area contributed by atoms with E-state index in [9.17, 15) is 0 Å². The highest BCUT2D eigenvalue weighted by Gasteiger charge is 2.33. The molecule has 0 atom stereocenters. The number of piperazine rings is 1. The normalized spacial score (nSPS) is 23.4. The van der Waals surface area contributed by atoms with Crippen LogP contribution in [0.1, 0.15) is 19.5 Å². The van der Waals surface area contributed by atoms with Crippen LogP contribution in [0.2, 0.25) is 0 Å². The second-order valence-corrected chi connectivity index (χ2v) is 6.54. The summed E-state index contributed by atoms with van der Waals surface area (Å²) in [6, 6.07) is 1.47.